The number of sulfone groups is 1. The number of pyridine rings is 1. The first kappa shape index (κ1) is 13.5. The van der Waals surface area contributed by atoms with Crippen molar-refractivity contribution in [3.05, 3.63) is 18.3 Å². The van der Waals surface area contributed by atoms with Crippen LogP contribution >= 0.6 is 0 Å². The normalized spacial score (nSPS) is 19.9. The Morgan fingerprint density at radius 3 is 2.63 bits per heavy atom. The van der Waals surface area contributed by atoms with Crippen molar-refractivity contribution in [2.45, 2.75) is 17.4 Å². The van der Waals surface area contributed by atoms with Crippen LogP contribution in [0, 0.1) is 0 Å². The number of imide groups is 1. The lowest BCUT2D eigenvalue weighted by molar-refractivity contribution is -0.136. The molecule has 0 aliphatic carbocycles. The van der Waals surface area contributed by atoms with E-state index < -0.39 is 21.8 Å². The van der Waals surface area contributed by atoms with E-state index in [1.54, 1.807) is 0 Å². The van der Waals surface area contributed by atoms with E-state index in [1.165, 1.54) is 25.4 Å². The highest BCUT2D eigenvalue weighted by Crippen LogP contribution is 2.21. The molecular weight excluding hydrogens is 270 g/mol. The minimum Gasteiger partial charge on any atom is -0.357 e. The highest BCUT2D eigenvalue weighted by molar-refractivity contribution is 7.90. The average molecular weight is 283 g/mol. The smallest absolute Gasteiger partial charge is 0.251 e. The van der Waals surface area contributed by atoms with Crippen LogP contribution in [-0.2, 0) is 19.4 Å². The second kappa shape index (κ2) is 4.61. The molecule has 1 aromatic heterocycles. The third kappa shape index (κ3) is 2.58. The van der Waals surface area contributed by atoms with Crippen molar-refractivity contribution >= 4 is 27.5 Å². The number of aromatic nitrogens is 1. The van der Waals surface area contributed by atoms with Gasteiger partial charge in [-0.15, -0.1) is 0 Å². The molecule has 2 amide bonds. The van der Waals surface area contributed by atoms with Crippen LogP contribution in [0.3, 0.4) is 0 Å². The van der Waals surface area contributed by atoms with Gasteiger partial charge >= 0.3 is 0 Å². The van der Waals surface area contributed by atoms with Gasteiger partial charge in [0.1, 0.15) is 16.8 Å². The van der Waals surface area contributed by atoms with Crippen LogP contribution in [0.2, 0.25) is 0 Å². The topological polar surface area (TPSA) is 96.4 Å². The fourth-order valence-electron chi connectivity index (χ4n) is 1.83. The lowest BCUT2D eigenvalue weighted by Gasteiger charge is -2.13. The summed E-state index contributed by atoms with van der Waals surface area (Å²) < 4.78 is 23.2. The lowest BCUT2D eigenvalue weighted by Crippen LogP contribution is -2.32. The van der Waals surface area contributed by atoms with Crippen LogP contribution in [-0.4, -0.2) is 49.5 Å². The maximum Gasteiger partial charge on any atom is 0.251 e. The first-order chi connectivity index (χ1) is 8.80. The summed E-state index contributed by atoms with van der Waals surface area (Å²) in [4.78, 5) is 28.1. The van der Waals surface area contributed by atoms with Crippen LogP contribution < -0.4 is 5.32 Å². The number of nitrogens with one attached hydrogen (secondary N) is 1. The van der Waals surface area contributed by atoms with E-state index in [0.717, 1.165) is 11.2 Å². The molecule has 0 bridgehead atoms. The molecule has 102 valence electrons. The fourth-order valence-corrected chi connectivity index (χ4v) is 2.62. The van der Waals surface area contributed by atoms with Gasteiger partial charge in [-0.3, -0.25) is 14.5 Å². The molecule has 1 aliphatic heterocycles. The summed E-state index contributed by atoms with van der Waals surface area (Å²) in [5.74, 6) is -0.610. The number of anilines is 1. The zero-order valence-corrected chi connectivity index (χ0v) is 11.3. The van der Waals surface area contributed by atoms with Crippen LogP contribution in [0.5, 0.6) is 0 Å². The summed E-state index contributed by atoms with van der Waals surface area (Å²) in [6, 6.07) is 2.12. The Morgan fingerprint density at radius 1 is 1.42 bits per heavy atom. The van der Waals surface area contributed by atoms with Crippen molar-refractivity contribution in [2.24, 2.45) is 0 Å². The number of hydrogen-bond donors (Lipinski definition) is 1. The van der Waals surface area contributed by atoms with E-state index in [-0.39, 0.29) is 23.0 Å². The third-order valence-corrected chi connectivity index (χ3v) is 3.99. The number of carbonyl (C=O) groups excluding carboxylic acids is 2. The Hall–Kier alpha value is -1.96. The minimum absolute atomic E-state index is 0.00445. The molecule has 1 fully saturated rings. The molecule has 0 aromatic carbocycles. The van der Waals surface area contributed by atoms with Crippen LogP contribution in [0.4, 0.5) is 5.82 Å². The maximum absolute atomic E-state index is 11.7. The molecule has 1 N–H and O–H groups in total. The molecule has 2 heterocycles. The molecule has 2 rings (SSSR count). The van der Waals surface area contributed by atoms with E-state index in [2.05, 4.69) is 10.3 Å². The Kier molecular flexibility index (Phi) is 3.27. The molecule has 1 saturated heterocycles. The van der Waals surface area contributed by atoms with Crippen LogP contribution in [0.15, 0.2) is 23.2 Å². The number of nitrogens with zero attached hydrogens (tertiary/aromatic N) is 2. The van der Waals surface area contributed by atoms with Crippen molar-refractivity contribution in [3.8, 4) is 0 Å². The number of likely N-dealkylation sites (tertiary alicyclic amines) is 1. The van der Waals surface area contributed by atoms with Crippen LogP contribution in [0.25, 0.3) is 0 Å². The Labute approximate surface area is 110 Å². The van der Waals surface area contributed by atoms with E-state index >= 15 is 0 Å². The molecule has 8 heteroatoms. The summed E-state index contributed by atoms with van der Waals surface area (Å²) in [5, 5.41) is 2.72. The molecule has 0 spiro atoms. The summed E-state index contributed by atoms with van der Waals surface area (Å²) in [5.41, 5.74) is 0. The fraction of sp³-hybridized carbons (Fsp3) is 0.364. The van der Waals surface area contributed by atoms with Gasteiger partial charge in [0, 0.05) is 19.5 Å². The lowest BCUT2D eigenvalue weighted by atomic mass is 10.2. The second-order valence-corrected chi connectivity index (χ2v) is 6.30. The number of rotatable bonds is 3. The first-order valence-corrected chi connectivity index (χ1v) is 7.42. The van der Waals surface area contributed by atoms with Crippen LogP contribution in [0.1, 0.15) is 6.42 Å². The average Bonchev–Trinajstić information content (AvgIpc) is 2.56. The van der Waals surface area contributed by atoms with E-state index in [1.807, 2.05) is 0 Å². The van der Waals surface area contributed by atoms with Gasteiger partial charge < -0.3 is 5.32 Å². The molecule has 0 radical (unpaired) electrons. The summed E-state index contributed by atoms with van der Waals surface area (Å²) in [7, 11) is -2.06. The van der Waals surface area contributed by atoms with E-state index in [4.69, 9.17) is 0 Å². The quantitative estimate of drug-likeness (QED) is 0.762. The van der Waals surface area contributed by atoms with Gasteiger partial charge in [0.25, 0.3) is 5.91 Å². The number of carbonyl (C=O) groups is 2. The van der Waals surface area contributed by atoms with Crippen molar-refractivity contribution in [2.75, 3.05) is 18.6 Å². The number of amides is 2. The SMILES string of the molecule is CN1C(=O)CC(Nc2ncccc2S(C)(=O)=O)C1=O. The number of likely N-dealkylation sites (N-methyl/N-ethyl adjacent to an activating group) is 1. The third-order valence-electron chi connectivity index (χ3n) is 2.86. The van der Waals surface area contributed by atoms with Crippen molar-refractivity contribution in [3.63, 3.8) is 0 Å². The maximum atomic E-state index is 11.7. The van der Waals surface area contributed by atoms with E-state index in [0.29, 0.717) is 0 Å². The van der Waals surface area contributed by atoms with Gasteiger partial charge in [0.15, 0.2) is 9.84 Å². The molecule has 1 atom stereocenters. The van der Waals surface area contributed by atoms with Crippen molar-refractivity contribution < 1.29 is 18.0 Å². The molecule has 1 unspecified atom stereocenters. The standard InChI is InChI=1S/C11H13N3O4S/c1-14-9(15)6-7(11(14)16)13-10-8(19(2,17)18)4-3-5-12-10/h3-5,7H,6H2,1-2H3,(H,12,13). The molecule has 7 nitrogen and oxygen atoms in total. The predicted octanol–water partition coefficient (Wildman–Crippen LogP) is -0.346. The Morgan fingerprint density at radius 2 is 2.11 bits per heavy atom. The molecule has 1 aromatic rings. The van der Waals surface area contributed by atoms with Gasteiger partial charge in [-0.1, -0.05) is 0 Å². The zero-order valence-electron chi connectivity index (χ0n) is 10.5. The van der Waals surface area contributed by atoms with Gasteiger partial charge in [0.2, 0.25) is 5.91 Å². The van der Waals surface area contributed by atoms with Gasteiger partial charge in [0.05, 0.1) is 6.42 Å². The highest BCUT2D eigenvalue weighted by Gasteiger charge is 2.36. The van der Waals surface area contributed by atoms with E-state index in [9.17, 15) is 18.0 Å². The zero-order chi connectivity index (χ0) is 14.2. The Bertz CT molecular complexity index is 641. The molecule has 19 heavy (non-hydrogen) atoms. The minimum atomic E-state index is -3.45. The Balaban J connectivity index is 2.31. The molecular formula is C11H13N3O4S. The van der Waals surface area contributed by atoms with Gasteiger partial charge in [-0.05, 0) is 12.1 Å². The monoisotopic (exact) mass is 283 g/mol. The van der Waals surface area contributed by atoms with Crippen molar-refractivity contribution in [1.29, 1.82) is 0 Å². The predicted molar refractivity (Wildman–Crippen MR) is 67.2 cm³/mol. The molecule has 1 aliphatic rings. The molecule has 0 saturated carbocycles. The van der Waals surface area contributed by atoms with Gasteiger partial charge in [-0.2, -0.15) is 0 Å². The summed E-state index contributed by atoms with van der Waals surface area (Å²) in [6.07, 6.45) is 2.47. The highest BCUT2D eigenvalue weighted by atomic mass is 32.2. The largest absolute Gasteiger partial charge is 0.357 e. The summed E-state index contributed by atoms with van der Waals surface area (Å²) in [6.45, 7) is 0. The van der Waals surface area contributed by atoms with Crippen molar-refractivity contribution in [1.82, 2.24) is 9.88 Å². The second-order valence-electron chi connectivity index (χ2n) is 4.31. The van der Waals surface area contributed by atoms with Gasteiger partial charge in [-0.25, -0.2) is 13.4 Å². The number of hydrogen-bond acceptors (Lipinski definition) is 6. The first-order valence-electron chi connectivity index (χ1n) is 5.52. The summed E-state index contributed by atoms with van der Waals surface area (Å²) >= 11 is 0.